The quantitative estimate of drug-likeness (QED) is 0.661. The molecular formula is C11H20N2O4. The molecule has 0 aromatic carbocycles. The molecule has 0 bridgehead atoms. The fourth-order valence-electron chi connectivity index (χ4n) is 2.11. The van der Waals surface area contributed by atoms with E-state index in [1.54, 1.807) is 4.90 Å². The Hall–Kier alpha value is -1.30. The monoisotopic (exact) mass is 244 g/mol. The summed E-state index contributed by atoms with van der Waals surface area (Å²) in [5.41, 5.74) is 0. The fraction of sp³-hybridized carbons (Fsp3) is 0.818. The van der Waals surface area contributed by atoms with Crippen molar-refractivity contribution in [3.8, 4) is 0 Å². The van der Waals surface area contributed by atoms with Gasteiger partial charge in [-0.2, -0.15) is 0 Å². The van der Waals surface area contributed by atoms with Crippen molar-refractivity contribution in [2.24, 2.45) is 5.92 Å². The number of hydrogen-bond acceptors (Lipinski definition) is 3. The summed E-state index contributed by atoms with van der Waals surface area (Å²) in [5.74, 6) is -0.945. The van der Waals surface area contributed by atoms with Gasteiger partial charge in [-0.05, 0) is 18.8 Å². The second-order valence-corrected chi connectivity index (χ2v) is 4.69. The molecular weight excluding hydrogens is 224 g/mol. The molecule has 2 unspecified atom stereocenters. The van der Waals surface area contributed by atoms with Crippen LogP contribution in [-0.2, 0) is 4.79 Å². The van der Waals surface area contributed by atoms with Crippen LogP contribution in [-0.4, -0.2) is 52.3 Å². The van der Waals surface area contributed by atoms with E-state index in [9.17, 15) is 9.59 Å². The van der Waals surface area contributed by atoms with Crippen LogP contribution in [0.1, 0.15) is 26.7 Å². The number of carboxylic acids is 1. The molecule has 0 aliphatic carbocycles. The summed E-state index contributed by atoms with van der Waals surface area (Å²) < 4.78 is 0. The first-order chi connectivity index (χ1) is 7.93. The van der Waals surface area contributed by atoms with Crippen LogP contribution in [0, 0.1) is 5.92 Å². The molecule has 1 aliphatic heterocycles. The van der Waals surface area contributed by atoms with E-state index in [-0.39, 0.29) is 18.6 Å². The number of aliphatic hydroxyl groups is 1. The third kappa shape index (κ3) is 3.59. The molecule has 2 atom stereocenters. The molecule has 1 heterocycles. The van der Waals surface area contributed by atoms with Gasteiger partial charge in [0.05, 0.1) is 6.54 Å². The summed E-state index contributed by atoms with van der Waals surface area (Å²) in [6.45, 7) is 4.55. The average Bonchev–Trinajstić information content (AvgIpc) is 2.73. The third-order valence-corrected chi connectivity index (χ3v) is 3.06. The summed E-state index contributed by atoms with van der Waals surface area (Å²) in [4.78, 5) is 23.9. The van der Waals surface area contributed by atoms with Crippen molar-refractivity contribution in [2.45, 2.75) is 38.8 Å². The first-order valence-corrected chi connectivity index (χ1v) is 5.88. The predicted octanol–water partition coefficient (Wildman–Crippen LogP) is 0.262. The van der Waals surface area contributed by atoms with Crippen molar-refractivity contribution in [1.29, 1.82) is 0 Å². The third-order valence-electron chi connectivity index (χ3n) is 3.06. The van der Waals surface area contributed by atoms with Crippen molar-refractivity contribution < 1.29 is 19.8 Å². The number of aliphatic carboxylic acids is 1. The molecule has 6 nitrogen and oxygen atoms in total. The molecule has 1 aliphatic rings. The van der Waals surface area contributed by atoms with E-state index >= 15 is 0 Å². The molecule has 17 heavy (non-hydrogen) atoms. The molecule has 2 amide bonds. The molecule has 1 rings (SSSR count). The Balaban J connectivity index is 2.44. The molecule has 0 aromatic heterocycles. The minimum atomic E-state index is -1.54. The Kier molecular flexibility index (Phi) is 4.74. The number of amides is 2. The van der Waals surface area contributed by atoms with E-state index in [2.05, 4.69) is 19.2 Å². The van der Waals surface area contributed by atoms with Crippen LogP contribution >= 0.6 is 0 Å². The molecule has 0 radical (unpaired) electrons. The van der Waals surface area contributed by atoms with Crippen molar-refractivity contribution in [3.05, 3.63) is 0 Å². The lowest BCUT2D eigenvalue weighted by molar-refractivity contribution is -0.146. The smallest absolute Gasteiger partial charge is 0.334 e. The second kappa shape index (κ2) is 5.86. The molecule has 98 valence electrons. The maximum absolute atomic E-state index is 11.8. The molecule has 3 N–H and O–H groups in total. The van der Waals surface area contributed by atoms with Crippen molar-refractivity contribution in [1.82, 2.24) is 10.2 Å². The number of rotatable bonds is 4. The molecule has 0 saturated carbocycles. The number of hydrogen-bond donors (Lipinski definition) is 3. The highest BCUT2D eigenvalue weighted by atomic mass is 16.4. The molecule has 1 saturated heterocycles. The Morgan fingerprint density at radius 3 is 2.65 bits per heavy atom. The SMILES string of the molecule is CC(C)C1CCCN1C(=O)NCC(O)C(=O)O. The van der Waals surface area contributed by atoms with Gasteiger partial charge in [0.15, 0.2) is 6.10 Å². The van der Waals surface area contributed by atoms with Gasteiger partial charge in [0.25, 0.3) is 0 Å². The number of carboxylic acid groups (broad SMARTS) is 1. The fourth-order valence-corrected chi connectivity index (χ4v) is 2.11. The lowest BCUT2D eigenvalue weighted by Gasteiger charge is -2.28. The average molecular weight is 244 g/mol. The van der Waals surface area contributed by atoms with Crippen LogP contribution in [0.25, 0.3) is 0 Å². The number of aliphatic hydroxyl groups excluding tert-OH is 1. The van der Waals surface area contributed by atoms with E-state index in [0.29, 0.717) is 12.5 Å². The summed E-state index contributed by atoms with van der Waals surface area (Å²) >= 11 is 0. The zero-order valence-corrected chi connectivity index (χ0v) is 10.2. The predicted molar refractivity (Wildman–Crippen MR) is 61.6 cm³/mol. The van der Waals surface area contributed by atoms with E-state index in [0.717, 1.165) is 12.8 Å². The zero-order valence-electron chi connectivity index (χ0n) is 10.2. The maximum atomic E-state index is 11.8. The standard InChI is InChI=1S/C11H20N2O4/c1-7(2)8-4-3-5-13(8)11(17)12-6-9(14)10(15)16/h7-9,14H,3-6H2,1-2H3,(H,12,17)(H,15,16). The van der Waals surface area contributed by atoms with Crippen molar-refractivity contribution in [3.63, 3.8) is 0 Å². The topological polar surface area (TPSA) is 89.9 Å². The summed E-state index contributed by atoms with van der Waals surface area (Å²) in [6.07, 6.45) is 0.406. The summed E-state index contributed by atoms with van der Waals surface area (Å²) in [7, 11) is 0. The Bertz CT molecular complexity index is 293. The highest BCUT2D eigenvalue weighted by Gasteiger charge is 2.31. The van der Waals surface area contributed by atoms with E-state index in [4.69, 9.17) is 10.2 Å². The lowest BCUT2D eigenvalue weighted by atomic mass is 10.0. The maximum Gasteiger partial charge on any atom is 0.334 e. The van der Waals surface area contributed by atoms with Gasteiger partial charge in [-0.25, -0.2) is 9.59 Å². The molecule has 0 aromatic rings. The minimum absolute atomic E-state index is 0.206. The number of nitrogens with one attached hydrogen (secondary N) is 1. The Morgan fingerprint density at radius 2 is 2.12 bits per heavy atom. The normalized spacial score (nSPS) is 21.6. The number of nitrogens with zero attached hydrogens (tertiary/aromatic N) is 1. The van der Waals surface area contributed by atoms with Crippen LogP contribution in [0.5, 0.6) is 0 Å². The molecule has 0 spiro atoms. The highest BCUT2D eigenvalue weighted by molar-refractivity contribution is 5.77. The van der Waals surface area contributed by atoms with Gasteiger partial charge < -0.3 is 20.4 Å². The second-order valence-electron chi connectivity index (χ2n) is 4.69. The number of carbonyl (C=O) groups excluding carboxylic acids is 1. The van der Waals surface area contributed by atoms with Crippen LogP contribution in [0.15, 0.2) is 0 Å². The first kappa shape index (κ1) is 13.8. The van der Waals surface area contributed by atoms with Gasteiger partial charge in [-0.15, -0.1) is 0 Å². The van der Waals surface area contributed by atoms with Gasteiger partial charge in [0, 0.05) is 12.6 Å². The van der Waals surface area contributed by atoms with Crippen LogP contribution in [0.4, 0.5) is 4.79 Å². The summed E-state index contributed by atoms with van der Waals surface area (Å²) in [5, 5.41) is 20.0. The number of carbonyl (C=O) groups is 2. The van der Waals surface area contributed by atoms with Gasteiger partial charge in [0.2, 0.25) is 0 Å². The van der Waals surface area contributed by atoms with Crippen LogP contribution < -0.4 is 5.32 Å². The van der Waals surface area contributed by atoms with Gasteiger partial charge >= 0.3 is 12.0 Å². The van der Waals surface area contributed by atoms with Gasteiger partial charge in [0.1, 0.15) is 0 Å². The number of likely N-dealkylation sites (tertiary alicyclic amines) is 1. The number of urea groups is 1. The Labute approximate surface area is 101 Å². The Morgan fingerprint density at radius 1 is 1.47 bits per heavy atom. The first-order valence-electron chi connectivity index (χ1n) is 5.88. The van der Waals surface area contributed by atoms with Gasteiger partial charge in [-0.1, -0.05) is 13.8 Å². The zero-order chi connectivity index (χ0) is 13.0. The summed E-state index contributed by atoms with van der Waals surface area (Å²) in [6, 6.07) is -0.0847. The van der Waals surface area contributed by atoms with Crippen LogP contribution in [0.3, 0.4) is 0 Å². The lowest BCUT2D eigenvalue weighted by Crippen LogP contribution is -2.47. The van der Waals surface area contributed by atoms with Gasteiger partial charge in [-0.3, -0.25) is 0 Å². The molecule has 6 heteroatoms. The highest BCUT2D eigenvalue weighted by Crippen LogP contribution is 2.23. The van der Waals surface area contributed by atoms with E-state index in [1.807, 2.05) is 0 Å². The minimum Gasteiger partial charge on any atom is -0.479 e. The molecule has 1 fully saturated rings. The van der Waals surface area contributed by atoms with Crippen molar-refractivity contribution >= 4 is 12.0 Å². The van der Waals surface area contributed by atoms with E-state index < -0.39 is 12.1 Å². The van der Waals surface area contributed by atoms with Crippen molar-refractivity contribution in [2.75, 3.05) is 13.1 Å². The largest absolute Gasteiger partial charge is 0.479 e. The van der Waals surface area contributed by atoms with E-state index in [1.165, 1.54) is 0 Å². The van der Waals surface area contributed by atoms with Crippen LogP contribution in [0.2, 0.25) is 0 Å².